The first-order valence-corrected chi connectivity index (χ1v) is 8.07. The highest BCUT2D eigenvalue weighted by atomic mass is 32.2. The Bertz CT molecular complexity index is 615. The number of thiophene rings is 1. The lowest BCUT2D eigenvalue weighted by molar-refractivity contribution is -0.121. The van der Waals surface area contributed by atoms with Gasteiger partial charge in [0.05, 0.1) is 6.61 Å². The summed E-state index contributed by atoms with van der Waals surface area (Å²) in [5, 5.41) is 10.3. The van der Waals surface area contributed by atoms with Crippen LogP contribution in [0, 0.1) is 11.8 Å². The van der Waals surface area contributed by atoms with Gasteiger partial charge < -0.3 is 5.11 Å². The van der Waals surface area contributed by atoms with Crippen molar-refractivity contribution in [3.8, 4) is 11.8 Å². The molecule has 21 heavy (non-hydrogen) atoms. The zero-order valence-corrected chi connectivity index (χ0v) is 12.3. The van der Waals surface area contributed by atoms with Gasteiger partial charge in [-0.05, 0) is 11.4 Å². The Morgan fingerprint density at radius 1 is 1.33 bits per heavy atom. The Morgan fingerprint density at radius 3 is 2.67 bits per heavy atom. The summed E-state index contributed by atoms with van der Waals surface area (Å²) in [6.07, 6.45) is -4.33. The van der Waals surface area contributed by atoms with Crippen molar-refractivity contribution in [1.82, 2.24) is 9.44 Å². The highest BCUT2D eigenvalue weighted by molar-refractivity contribution is 7.87. The van der Waals surface area contributed by atoms with Gasteiger partial charge in [-0.1, -0.05) is 11.8 Å². The summed E-state index contributed by atoms with van der Waals surface area (Å²) < 4.78 is 62.0. The normalized spacial score (nSPS) is 12.0. The van der Waals surface area contributed by atoms with Crippen LogP contribution in [0.2, 0.25) is 0 Å². The molecular formula is C11H13F3N2O3S2. The molecule has 0 aliphatic carbocycles. The molecule has 0 aromatic carbocycles. The number of rotatable bonds is 6. The van der Waals surface area contributed by atoms with Gasteiger partial charge in [0.1, 0.15) is 6.54 Å². The second-order valence-corrected chi connectivity index (χ2v) is 6.38. The van der Waals surface area contributed by atoms with Crippen LogP contribution in [0.4, 0.5) is 13.2 Å². The first-order valence-electron chi connectivity index (χ1n) is 5.70. The van der Waals surface area contributed by atoms with Crippen molar-refractivity contribution in [3.05, 3.63) is 21.9 Å². The lowest BCUT2D eigenvalue weighted by atomic mass is 10.2. The second kappa shape index (κ2) is 7.77. The summed E-state index contributed by atoms with van der Waals surface area (Å²) in [5.74, 6) is 5.44. The van der Waals surface area contributed by atoms with Gasteiger partial charge in [-0.3, -0.25) is 0 Å². The molecule has 0 atom stereocenters. The molecule has 0 fully saturated rings. The average Bonchev–Trinajstić information content (AvgIpc) is 2.82. The number of aliphatic hydroxyl groups is 1. The molecule has 0 unspecified atom stereocenters. The molecule has 0 radical (unpaired) electrons. The van der Waals surface area contributed by atoms with E-state index < -0.39 is 22.9 Å². The van der Waals surface area contributed by atoms with Gasteiger partial charge >= 0.3 is 6.18 Å². The molecule has 0 spiro atoms. The van der Waals surface area contributed by atoms with E-state index in [1.807, 2.05) is 4.72 Å². The van der Waals surface area contributed by atoms with Crippen LogP contribution in [0.5, 0.6) is 0 Å². The van der Waals surface area contributed by atoms with E-state index in [1.54, 1.807) is 11.4 Å². The molecule has 5 nitrogen and oxygen atoms in total. The van der Waals surface area contributed by atoms with E-state index in [9.17, 15) is 21.6 Å². The van der Waals surface area contributed by atoms with Crippen LogP contribution in [0.1, 0.15) is 16.9 Å². The van der Waals surface area contributed by atoms with E-state index in [1.165, 1.54) is 16.1 Å². The maximum absolute atomic E-state index is 11.9. The topological polar surface area (TPSA) is 78.4 Å². The number of halogens is 3. The Hall–Kier alpha value is -1.12. The summed E-state index contributed by atoms with van der Waals surface area (Å²) in [6.45, 7) is -1.87. The number of aliphatic hydroxyl groups excluding tert-OH is 1. The fourth-order valence-corrected chi connectivity index (χ4v) is 2.84. The minimum atomic E-state index is -4.61. The predicted octanol–water partition coefficient (Wildman–Crippen LogP) is 0.968. The molecule has 10 heteroatoms. The minimum absolute atomic E-state index is 0.0829. The fraction of sp³-hybridized carbons (Fsp3) is 0.455. The Kier molecular flexibility index (Phi) is 6.63. The van der Waals surface area contributed by atoms with Crippen LogP contribution >= 0.6 is 11.3 Å². The van der Waals surface area contributed by atoms with Crippen molar-refractivity contribution in [2.24, 2.45) is 0 Å². The fourth-order valence-electron chi connectivity index (χ4n) is 1.19. The quantitative estimate of drug-likeness (QED) is 0.674. The molecular weight excluding hydrogens is 329 g/mol. The minimum Gasteiger partial charge on any atom is -0.395 e. The standard InChI is InChI=1S/C11H13F3N2O3S2/c12-11(13,14)8-16-21(18,19)15-7-10-9(4-6-20-10)3-1-2-5-17/h4,6,15-17H,2,5,7-8H2. The monoisotopic (exact) mass is 342 g/mol. The summed E-state index contributed by atoms with van der Waals surface area (Å²) in [4.78, 5) is 0.581. The number of nitrogens with one attached hydrogen (secondary N) is 2. The Labute approximate surface area is 124 Å². The molecule has 0 aliphatic rings. The third-order valence-electron chi connectivity index (χ3n) is 2.09. The van der Waals surface area contributed by atoms with Gasteiger partial charge in [-0.2, -0.15) is 31.0 Å². The summed E-state index contributed by atoms with van der Waals surface area (Å²) in [7, 11) is -4.23. The molecule has 118 valence electrons. The second-order valence-electron chi connectivity index (χ2n) is 3.79. The summed E-state index contributed by atoms with van der Waals surface area (Å²) >= 11 is 1.23. The third kappa shape index (κ3) is 7.45. The highest BCUT2D eigenvalue weighted by Crippen LogP contribution is 2.16. The van der Waals surface area contributed by atoms with Crippen molar-refractivity contribution in [2.75, 3.05) is 13.2 Å². The van der Waals surface area contributed by atoms with Crippen LogP contribution in [-0.2, 0) is 16.8 Å². The first-order chi connectivity index (χ1) is 9.73. The van der Waals surface area contributed by atoms with Gasteiger partial charge in [0.25, 0.3) is 10.2 Å². The maximum Gasteiger partial charge on any atom is 0.402 e. The van der Waals surface area contributed by atoms with Gasteiger partial charge in [0.2, 0.25) is 0 Å². The maximum atomic E-state index is 11.9. The van der Waals surface area contributed by atoms with Gasteiger partial charge in [-0.25, -0.2) is 0 Å². The Morgan fingerprint density at radius 2 is 2.05 bits per heavy atom. The van der Waals surface area contributed by atoms with Crippen LogP contribution in [0.15, 0.2) is 11.4 Å². The lowest BCUT2D eigenvalue weighted by Gasteiger charge is -2.09. The van der Waals surface area contributed by atoms with Crippen LogP contribution < -0.4 is 9.44 Å². The smallest absolute Gasteiger partial charge is 0.395 e. The first kappa shape index (κ1) is 17.9. The van der Waals surface area contributed by atoms with Crippen molar-refractivity contribution in [1.29, 1.82) is 0 Å². The molecule has 0 saturated carbocycles. The molecule has 0 amide bonds. The van der Waals surface area contributed by atoms with Crippen molar-refractivity contribution in [2.45, 2.75) is 19.1 Å². The number of hydrogen-bond acceptors (Lipinski definition) is 4. The van der Waals surface area contributed by atoms with E-state index in [2.05, 4.69) is 11.8 Å². The zero-order valence-electron chi connectivity index (χ0n) is 10.7. The number of alkyl halides is 3. The molecule has 0 aliphatic heterocycles. The molecule has 0 saturated heterocycles. The zero-order chi connectivity index (χ0) is 15.9. The molecule has 1 aromatic rings. The van der Waals surface area contributed by atoms with E-state index in [4.69, 9.17) is 5.11 Å². The van der Waals surface area contributed by atoms with Crippen LogP contribution in [-0.4, -0.2) is 32.9 Å². The van der Waals surface area contributed by atoms with Gasteiger partial charge in [0.15, 0.2) is 0 Å². The SMILES string of the molecule is O=S(=O)(NCc1sccc1C#CCCO)NCC(F)(F)F. The predicted molar refractivity (Wildman–Crippen MR) is 72.7 cm³/mol. The van der Waals surface area contributed by atoms with E-state index in [-0.39, 0.29) is 19.6 Å². The third-order valence-corrected chi connectivity index (χ3v) is 4.06. The largest absolute Gasteiger partial charge is 0.402 e. The van der Waals surface area contributed by atoms with E-state index in [0.717, 1.165) is 0 Å². The number of hydrogen-bond donors (Lipinski definition) is 3. The molecule has 1 heterocycles. The van der Waals surface area contributed by atoms with E-state index in [0.29, 0.717) is 10.4 Å². The van der Waals surface area contributed by atoms with Gasteiger partial charge in [-0.15, -0.1) is 11.3 Å². The molecule has 1 rings (SSSR count). The van der Waals surface area contributed by atoms with Crippen LogP contribution in [0.3, 0.4) is 0 Å². The highest BCUT2D eigenvalue weighted by Gasteiger charge is 2.29. The molecule has 0 bridgehead atoms. The summed E-state index contributed by atoms with van der Waals surface area (Å²) in [5.41, 5.74) is 0.576. The van der Waals surface area contributed by atoms with Crippen molar-refractivity contribution >= 4 is 21.5 Å². The summed E-state index contributed by atoms with van der Waals surface area (Å²) in [6, 6.07) is 1.67. The average molecular weight is 342 g/mol. The van der Waals surface area contributed by atoms with E-state index >= 15 is 0 Å². The molecule has 3 N–H and O–H groups in total. The van der Waals surface area contributed by atoms with Crippen molar-refractivity contribution < 1.29 is 26.7 Å². The lowest BCUT2D eigenvalue weighted by Crippen LogP contribution is -2.41. The van der Waals surface area contributed by atoms with Gasteiger partial charge in [0, 0.05) is 23.4 Å². The van der Waals surface area contributed by atoms with Crippen LogP contribution in [0.25, 0.3) is 0 Å². The Balaban J connectivity index is 2.60. The van der Waals surface area contributed by atoms with Crippen molar-refractivity contribution in [3.63, 3.8) is 0 Å². The molecule has 1 aromatic heterocycles.